The average Bonchev–Trinajstić information content (AvgIpc) is 2.55. The number of hydrogen-bond donors (Lipinski definition) is 1. The third-order valence-corrected chi connectivity index (χ3v) is 3.51. The van der Waals surface area contributed by atoms with Crippen LogP contribution in [0.2, 0.25) is 0 Å². The molecule has 0 aromatic rings. The number of Topliss-reactive ketones (excluding diaryl/α,β-unsaturated/α-hetero) is 1. The molecule has 0 amide bonds. The molecule has 1 N–H and O–H groups in total. The minimum atomic E-state index is -2.57. The summed E-state index contributed by atoms with van der Waals surface area (Å²) in [6, 6.07) is 1.86. The van der Waals surface area contributed by atoms with Crippen molar-refractivity contribution in [1.82, 2.24) is 10.2 Å². The molecule has 8 heteroatoms. The molecular formula is C18H22BrF2N3O2. The maximum absolute atomic E-state index is 12.5. The Morgan fingerprint density at radius 2 is 2.04 bits per heavy atom. The zero-order valence-corrected chi connectivity index (χ0v) is 16.7. The highest BCUT2D eigenvalue weighted by Gasteiger charge is 2.15. The molecule has 0 aromatic carbocycles. The minimum Gasteiger partial charge on any atom is -0.491 e. The molecule has 142 valence electrons. The summed E-state index contributed by atoms with van der Waals surface area (Å²) in [7, 11) is 3.40. The summed E-state index contributed by atoms with van der Waals surface area (Å²) in [6.45, 7) is 6.06. The van der Waals surface area contributed by atoms with Crippen LogP contribution in [0.25, 0.3) is 0 Å². The Hall–Kier alpha value is -2.40. The quantitative estimate of drug-likeness (QED) is 0.246. The monoisotopic (exact) mass is 429 g/mol. The van der Waals surface area contributed by atoms with E-state index in [1.807, 2.05) is 6.07 Å². The van der Waals surface area contributed by atoms with Crippen molar-refractivity contribution < 1.29 is 18.3 Å². The molecule has 0 aliphatic carbocycles. The molecule has 0 bridgehead atoms. The number of allylic oxidation sites excluding steroid dienone is 7. The van der Waals surface area contributed by atoms with Crippen molar-refractivity contribution in [3.63, 3.8) is 0 Å². The highest BCUT2D eigenvalue weighted by Crippen LogP contribution is 2.17. The van der Waals surface area contributed by atoms with E-state index in [1.165, 1.54) is 25.3 Å². The van der Waals surface area contributed by atoms with Gasteiger partial charge in [-0.05, 0) is 41.9 Å². The first-order chi connectivity index (χ1) is 12.1. The van der Waals surface area contributed by atoms with E-state index in [0.29, 0.717) is 10.2 Å². The van der Waals surface area contributed by atoms with Gasteiger partial charge in [0.2, 0.25) is 5.78 Å². The van der Waals surface area contributed by atoms with Gasteiger partial charge in [-0.1, -0.05) is 12.7 Å². The molecule has 0 atom stereocenters. The number of ketones is 1. The standard InChI is InChI=1S/C18H22BrF2N3O2/c1-6-7-16(18(25)14(9-22)10-24(4)5)23-12(2)8-15(19)13(3)26-11-17(20)21/h6-8,10,17,23H,1,11H2,2-5H3/b12-8+,14-10+,15-13-,16-7-. The van der Waals surface area contributed by atoms with Gasteiger partial charge in [-0.2, -0.15) is 5.26 Å². The van der Waals surface area contributed by atoms with Crippen LogP contribution >= 0.6 is 15.9 Å². The minimum absolute atomic E-state index is 0.0468. The van der Waals surface area contributed by atoms with Gasteiger partial charge >= 0.3 is 0 Å². The van der Waals surface area contributed by atoms with Crippen molar-refractivity contribution in [2.45, 2.75) is 20.3 Å². The Labute approximate surface area is 161 Å². The van der Waals surface area contributed by atoms with Gasteiger partial charge in [0.05, 0.1) is 10.2 Å². The predicted octanol–water partition coefficient (Wildman–Crippen LogP) is 4.00. The fraction of sp³-hybridized carbons (Fsp3) is 0.333. The number of alkyl halides is 2. The largest absolute Gasteiger partial charge is 0.491 e. The number of carbonyl (C=O) groups is 1. The van der Waals surface area contributed by atoms with Crippen LogP contribution in [0.15, 0.2) is 58.2 Å². The first-order valence-electron chi connectivity index (χ1n) is 7.50. The molecule has 0 rings (SSSR count). The molecule has 0 saturated heterocycles. The van der Waals surface area contributed by atoms with Crippen LogP contribution in [-0.2, 0) is 9.53 Å². The molecule has 0 spiro atoms. The van der Waals surface area contributed by atoms with Gasteiger partial charge in [-0.15, -0.1) is 0 Å². The molecule has 5 nitrogen and oxygen atoms in total. The molecule has 0 unspecified atom stereocenters. The Bertz CT molecular complexity index is 687. The van der Waals surface area contributed by atoms with Crippen LogP contribution in [0.4, 0.5) is 8.78 Å². The number of nitrogens with zero attached hydrogens (tertiary/aromatic N) is 2. The van der Waals surface area contributed by atoms with E-state index in [4.69, 9.17) is 10.00 Å². The molecule has 0 radical (unpaired) electrons. The number of rotatable bonds is 10. The maximum atomic E-state index is 12.5. The van der Waals surface area contributed by atoms with Gasteiger partial charge in [0.1, 0.15) is 24.0 Å². The summed E-state index contributed by atoms with van der Waals surface area (Å²) in [5, 5.41) is 12.0. The molecule has 0 fully saturated rings. The van der Waals surface area contributed by atoms with Crippen molar-refractivity contribution in [2.75, 3.05) is 20.7 Å². The number of hydrogen-bond acceptors (Lipinski definition) is 5. The lowest BCUT2D eigenvalue weighted by atomic mass is 10.1. The molecule has 26 heavy (non-hydrogen) atoms. The van der Waals surface area contributed by atoms with Gasteiger partial charge in [-0.25, -0.2) is 8.78 Å². The Balaban J connectivity index is 5.43. The lowest BCUT2D eigenvalue weighted by molar-refractivity contribution is -0.112. The van der Waals surface area contributed by atoms with E-state index < -0.39 is 18.8 Å². The second-order valence-electron chi connectivity index (χ2n) is 5.32. The molecule has 0 saturated carbocycles. The summed E-state index contributed by atoms with van der Waals surface area (Å²) in [5.41, 5.74) is 0.629. The van der Waals surface area contributed by atoms with Gasteiger partial charge in [0.25, 0.3) is 6.43 Å². The first-order valence-corrected chi connectivity index (χ1v) is 8.30. The summed E-state index contributed by atoms with van der Waals surface area (Å²) < 4.78 is 29.7. The van der Waals surface area contributed by atoms with Crippen molar-refractivity contribution in [3.05, 3.63) is 58.2 Å². The fourth-order valence-corrected chi connectivity index (χ4v) is 2.09. The third kappa shape index (κ3) is 9.18. The van der Waals surface area contributed by atoms with Crippen molar-refractivity contribution >= 4 is 21.7 Å². The number of ether oxygens (including phenoxy) is 1. The van der Waals surface area contributed by atoms with E-state index in [-0.39, 0.29) is 17.0 Å². The molecular weight excluding hydrogens is 408 g/mol. The van der Waals surface area contributed by atoms with Crippen LogP contribution in [0.5, 0.6) is 0 Å². The van der Waals surface area contributed by atoms with Crippen LogP contribution in [-0.4, -0.2) is 37.8 Å². The van der Waals surface area contributed by atoms with E-state index in [0.717, 1.165) is 0 Å². The summed E-state index contributed by atoms with van der Waals surface area (Å²) in [4.78, 5) is 14.1. The topological polar surface area (TPSA) is 65.4 Å². The molecule has 0 heterocycles. The van der Waals surface area contributed by atoms with Crippen LogP contribution in [0.3, 0.4) is 0 Å². The van der Waals surface area contributed by atoms with E-state index in [9.17, 15) is 13.6 Å². The number of carbonyl (C=O) groups excluding carboxylic acids is 1. The Morgan fingerprint density at radius 3 is 2.50 bits per heavy atom. The zero-order chi connectivity index (χ0) is 20.3. The number of nitriles is 1. The maximum Gasteiger partial charge on any atom is 0.272 e. The zero-order valence-electron chi connectivity index (χ0n) is 15.1. The predicted molar refractivity (Wildman–Crippen MR) is 101 cm³/mol. The lowest BCUT2D eigenvalue weighted by Gasteiger charge is -2.12. The molecule has 0 aliphatic rings. The van der Waals surface area contributed by atoms with Gasteiger partial charge in [-0.3, -0.25) is 4.79 Å². The summed E-state index contributed by atoms with van der Waals surface area (Å²) in [6.07, 6.45) is 3.28. The fourth-order valence-electron chi connectivity index (χ4n) is 1.63. The summed E-state index contributed by atoms with van der Waals surface area (Å²) in [5.74, 6) is -0.225. The Morgan fingerprint density at radius 1 is 1.42 bits per heavy atom. The van der Waals surface area contributed by atoms with Gasteiger partial charge in [0.15, 0.2) is 0 Å². The first kappa shape index (κ1) is 23.6. The van der Waals surface area contributed by atoms with E-state index >= 15 is 0 Å². The van der Waals surface area contributed by atoms with Gasteiger partial charge < -0.3 is 15.0 Å². The SMILES string of the molecule is C=C/C=C(\N/C(C)=C/C(Br)=C(\C)OCC(F)F)C(=O)/C(C#N)=C/N(C)C. The lowest BCUT2D eigenvalue weighted by Crippen LogP contribution is -2.21. The van der Waals surface area contributed by atoms with Crippen LogP contribution < -0.4 is 5.32 Å². The second-order valence-corrected chi connectivity index (χ2v) is 6.18. The Kier molecular flexibility index (Phi) is 10.9. The second kappa shape index (κ2) is 12.0. The molecule has 0 aliphatic heterocycles. The van der Waals surface area contributed by atoms with E-state index in [1.54, 1.807) is 32.0 Å². The normalized spacial score (nSPS) is 13.7. The van der Waals surface area contributed by atoms with Crippen molar-refractivity contribution in [1.29, 1.82) is 5.26 Å². The van der Waals surface area contributed by atoms with Crippen LogP contribution in [0.1, 0.15) is 13.8 Å². The third-order valence-electron chi connectivity index (χ3n) is 2.72. The highest BCUT2D eigenvalue weighted by molar-refractivity contribution is 9.11. The molecule has 0 aromatic heterocycles. The average molecular weight is 430 g/mol. The smallest absolute Gasteiger partial charge is 0.272 e. The van der Waals surface area contributed by atoms with Gasteiger partial charge in [0, 0.05) is 26.0 Å². The van der Waals surface area contributed by atoms with Crippen molar-refractivity contribution in [2.24, 2.45) is 0 Å². The van der Waals surface area contributed by atoms with E-state index in [2.05, 4.69) is 27.8 Å². The van der Waals surface area contributed by atoms with Crippen LogP contribution in [0, 0.1) is 11.3 Å². The highest BCUT2D eigenvalue weighted by atomic mass is 79.9. The number of halogens is 3. The summed E-state index contributed by atoms with van der Waals surface area (Å²) >= 11 is 3.23. The number of nitrogens with one attached hydrogen (secondary N) is 1. The van der Waals surface area contributed by atoms with Crippen molar-refractivity contribution in [3.8, 4) is 6.07 Å².